The number of nitrogens with two attached hydrogens (primary N) is 1. The first-order valence-corrected chi connectivity index (χ1v) is 9.48. The van der Waals surface area contributed by atoms with E-state index in [0.717, 1.165) is 42.6 Å². The van der Waals surface area contributed by atoms with Gasteiger partial charge in [0.05, 0.1) is 11.1 Å². The van der Waals surface area contributed by atoms with Crippen LogP contribution in [0.3, 0.4) is 0 Å². The number of amides is 1. The van der Waals surface area contributed by atoms with Gasteiger partial charge < -0.3 is 11.1 Å². The van der Waals surface area contributed by atoms with Gasteiger partial charge in [-0.1, -0.05) is 18.2 Å². The summed E-state index contributed by atoms with van der Waals surface area (Å²) in [6, 6.07) is 12.7. The van der Waals surface area contributed by atoms with E-state index in [1.165, 1.54) is 17.1 Å². The van der Waals surface area contributed by atoms with Crippen LogP contribution in [0, 0.1) is 6.92 Å². The highest BCUT2D eigenvalue weighted by molar-refractivity contribution is 5.92. The van der Waals surface area contributed by atoms with E-state index >= 15 is 0 Å². The number of primary amides is 1. The number of aryl methyl sites for hydroxylation is 1. The lowest BCUT2D eigenvalue weighted by molar-refractivity contribution is 0.1000. The van der Waals surface area contributed by atoms with E-state index in [9.17, 15) is 4.79 Å². The summed E-state index contributed by atoms with van der Waals surface area (Å²) >= 11 is 0. The van der Waals surface area contributed by atoms with Gasteiger partial charge in [0.15, 0.2) is 0 Å². The van der Waals surface area contributed by atoms with Gasteiger partial charge in [-0.2, -0.15) is 0 Å². The summed E-state index contributed by atoms with van der Waals surface area (Å²) in [5.74, 6) is 0.964. The van der Waals surface area contributed by atoms with Crippen molar-refractivity contribution in [1.82, 2.24) is 9.97 Å². The Bertz CT molecular complexity index is 977. The Morgan fingerprint density at radius 3 is 2.67 bits per heavy atom. The standard InChI is InChI=1S/C22H24N4O/c1-14-10-21(26-20-5-3-2-4-19(14)20)25-18-8-6-15(7-9-18)16-11-17(22(23)27)13-24-12-16/h2-5,10-13,15,18H,6-9H2,1H3,(H2,23,27)(H,25,26). The summed E-state index contributed by atoms with van der Waals surface area (Å²) in [5, 5.41) is 4.82. The van der Waals surface area contributed by atoms with Gasteiger partial charge in [-0.15, -0.1) is 0 Å². The van der Waals surface area contributed by atoms with Crippen molar-refractivity contribution in [1.29, 1.82) is 0 Å². The van der Waals surface area contributed by atoms with Crippen LogP contribution in [0.1, 0.15) is 53.1 Å². The lowest BCUT2D eigenvalue weighted by Gasteiger charge is -2.29. The third-order valence-electron chi connectivity index (χ3n) is 5.52. The summed E-state index contributed by atoms with van der Waals surface area (Å²) in [4.78, 5) is 20.3. The number of nitrogens with one attached hydrogen (secondary N) is 1. The maximum Gasteiger partial charge on any atom is 0.250 e. The van der Waals surface area contributed by atoms with E-state index in [4.69, 9.17) is 10.7 Å². The molecule has 0 atom stereocenters. The zero-order valence-corrected chi connectivity index (χ0v) is 15.5. The van der Waals surface area contributed by atoms with Gasteiger partial charge in [0.1, 0.15) is 5.82 Å². The number of pyridine rings is 2. The van der Waals surface area contributed by atoms with Crippen molar-refractivity contribution in [3.8, 4) is 0 Å². The van der Waals surface area contributed by atoms with E-state index in [2.05, 4.69) is 35.4 Å². The first-order valence-electron chi connectivity index (χ1n) is 9.48. The molecule has 0 unspecified atom stereocenters. The molecule has 1 amide bonds. The fourth-order valence-electron chi connectivity index (χ4n) is 4.02. The van der Waals surface area contributed by atoms with Crippen molar-refractivity contribution in [3.05, 3.63) is 65.5 Å². The average Bonchev–Trinajstić information content (AvgIpc) is 2.69. The first kappa shape index (κ1) is 17.5. The molecule has 27 heavy (non-hydrogen) atoms. The number of fused-ring (bicyclic) bond motifs is 1. The molecule has 5 heteroatoms. The molecule has 1 aliphatic carbocycles. The molecule has 4 rings (SSSR count). The summed E-state index contributed by atoms with van der Waals surface area (Å²) in [7, 11) is 0. The molecule has 3 aromatic rings. The lowest BCUT2D eigenvalue weighted by Crippen LogP contribution is -2.26. The molecule has 2 aromatic heterocycles. The molecule has 2 heterocycles. The second-order valence-corrected chi connectivity index (χ2v) is 7.41. The van der Waals surface area contributed by atoms with Crippen molar-refractivity contribution in [2.45, 2.75) is 44.6 Å². The normalized spacial score (nSPS) is 19.7. The topological polar surface area (TPSA) is 80.9 Å². The third-order valence-corrected chi connectivity index (χ3v) is 5.52. The van der Waals surface area contributed by atoms with Crippen LogP contribution in [0.5, 0.6) is 0 Å². The fourth-order valence-corrected chi connectivity index (χ4v) is 4.02. The van der Waals surface area contributed by atoms with E-state index in [-0.39, 0.29) is 0 Å². The number of hydrogen-bond acceptors (Lipinski definition) is 4. The number of aromatic nitrogens is 2. The van der Waals surface area contributed by atoms with Crippen molar-refractivity contribution >= 4 is 22.6 Å². The van der Waals surface area contributed by atoms with Crippen LogP contribution in [0.25, 0.3) is 10.9 Å². The number of anilines is 1. The van der Waals surface area contributed by atoms with Crippen LogP contribution < -0.4 is 11.1 Å². The quantitative estimate of drug-likeness (QED) is 0.731. The van der Waals surface area contributed by atoms with Gasteiger partial charge in [-0.25, -0.2) is 4.98 Å². The Morgan fingerprint density at radius 1 is 1.11 bits per heavy atom. The minimum atomic E-state index is -0.419. The largest absolute Gasteiger partial charge is 0.367 e. The molecule has 5 nitrogen and oxygen atoms in total. The van der Waals surface area contributed by atoms with Crippen LogP contribution in [0.2, 0.25) is 0 Å². The van der Waals surface area contributed by atoms with Crippen molar-refractivity contribution in [2.75, 3.05) is 5.32 Å². The highest BCUT2D eigenvalue weighted by Crippen LogP contribution is 2.34. The third kappa shape index (κ3) is 3.77. The van der Waals surface area contributed by atoms with Gasteiger partial charge in [0.25, 0.3) is 0 Å². The highest BCUT2D eigenvalue weighted by atomic mass is 16.1. The zero-order valence-electron chi connectivity index (χ0n) is 15.5. The van der Waals surface area contributed by atoms with Crippen molar-refractivity contribution in [2.24, 2.45) is 5.73 Å². The molecule has 0 saturated heterocycles. The number of nitrogens with zero attached hydrogens (tertiary/aromatic N) is 2. The van der Waals surface area contributed by atoms with E-state index in [1.54, 1.807) is 0 Å². The Hall–Kier alpha value is -2.95. The summed E-state index contributed by atoms with van der Waals surface area (Å²) in [6.07, 6.45) is 7.66. The molecule has 138 valence electrons. The number of para-hydroxylation sites is 1. The second kappa shape index (κ2) is 7.35. The van der Waals surface area contributed by atoms with Gasteiger partial charge in [-0.3, -0.25) is 9.78 Å². The molecule has 1 saturated carbocycles. The number of benzene rings is 1. The monoisotopic (exact) mass is 360 g/mol. The minimum Gasteiger partial charge on any atom is -0.367 e. The smallest absolute Gasteiger partial charge is 0.250 e. The molecule has 0 spiro atoms. The van der Waals surface area contributed by atoms with Gasteiger partial charge in [0, 0.05) is 23.8 Å². The Labute approximate surface area is 159 Å². The molecule has 3 N–H and O–H groups in total. The number of carbonyl (C=O) groups is 1. The fraction of sp³-hybridized carbons (Fsp3) is 0.318. The van der Waals surface area contributed by atoms with Crippen LogP contribution >= 0.6 is 0 Å². The number of carbonyl (C=O) groups excluding carboxylic acids is 1. The van der Waals surface area contributed by atoms with Gasteiger partial charge >= 0.3 is 0 Å². The maximum atomic E-state index is 11.4. The molecular weight excluding hydrogens is 336 g/mol. The summed E-state index contributed by atoms with van der Waals surface area (Å²) in [6.45, 7) is 2.13. The molecule has 1 aliphatic rings. The zero-order chi connectivity index (χ0) is 18.8. The highest BCUT2D eigenvalue weighted by Gasteiger charge is 2.23. The Balaban J connectivity index is 1.43. The lowest BCUT2D eigenvalue weighted by atomic mass is 9.82. The van der Waals surface area contributed by atoms with E-state index in [0.29, 0.717) is 17.5 Å². The summed E-state index contributed by atoms with van der Waals surface area (Å²) in [5.41, 5.74) is 9.25. The van der Waals surface area contributed by atoms with Crippen LogP contribution in [-0.4, -0.2) is 21.9 Å². The molecule has 1 fully saturated rings. The molecule has 0 bridgehead atoms. The number of rotatable bonds is 4. The van der Waals surface area contributed by atoms with E-state index < -0.39 is 5.91 Å². The number of hydrogen-bond donors (Lipinski definition) is 2. The molecule has 0 aliphatic heterocycles. The molecular formula is C22H24N4O. The Kier molecular flexibility index (Phi) is 4.75. The Morgan fingerprint density at radius 2 is 1.89 bits per heavy atom. The van der Waals surface area contributed by atoms with Crippen molar-refractivity contribution < 1.29 is 4.79 Å². The van der Waals surface area contributed by atoms with E-state index in [1.807, 2.05) is 24.4 Å². The van der Waals surface area contributed by atoms with Crippen molar-refractivity contribution in [3.63, 3.8) is 0 Å². The predicted molar refractivity (Wildman–Crippen MR) is 108 cm³/mol. The first-order chi connectivity index (χ1) is 13.1. The van der Waals surface area contributed by atoms with Crippen LogP contribution in [0.15, 0.2) is 48.8 Å². The van der Waals surface area contributed by atoms with Gasteiger partial charge in [-0.05, 0) is 67.9 Å². The maximum absolute atomic E-state index is 11.4. The average molecular weight is 360 g/mol. The van der Waals surface area contributed by atoms with Crippen LogP contribution in [-0.2, 0) is 0 Å². The van der Waals surface area contributed by atoms with Crippen LogP contribution in [0.4, 0.5) is 5.82 Å². The van der Waals surface area contributed by atoms with Gasteiger partial charge in [0.2, 0.25) is 5.91 Å². The minimum absolute atomic E-state index is 0.418. The second-order valence-electron chi connectivity index (χ2n) is 7.41. The predicted octanol–water partition coefficient (Wildman–Crippen LogP) is 4.18. The molecule has 0 radical (unpaired) electrons. The summed E-state index contributed by atoms with van der Waals surface area (Å²) < 4.78 is 0. The SMILES string of the molecule is Cc1cc(NC2CCC(c3cncc(C(N)=O)c3)CC2)nc2ccccc12. The molecule has 1 aromatic carbocycles.